The van der Waals surface area contributed by atoms with Crippen LogP contribution in [-0.2, 0) is 16.0 Å². The van der Waals surface area contributed by atoms with Gasteiger partial charge in [-0.2, -0.15) is 0 Å². The third-order valence-electron chi connectivity index (χ3n) is 6.02. The number of ether oxygens (including phenoxy) is 1. The third kappa shape index (κ3) is 3.08. The lowest BCUT2D eigenvalue weighted by Crippen LogP contribution is -2.62. The maximum atomic E-state index is 13.2. The van der Waals surface area contributed by atoms with Crippen LogP contribution in [0.2, 0.25) is 0 Å². The second-order valence-electron chi connectivity index (χ2n) is 7.77. The van der Waals surface area contributed by atoms with Crippen LogP contribution >= 0.6 is 0 Å². The molecule has 5 nitrogen and oxygen atoms in total. The smallest absolute Gasteiger partial charge is 0.248 e. The van der Waals surface area contributed by atoms with Gasteiger partial charge in [0.1, 0.15) is 11.3 Å². The molecule has 1 aromatic rings. The second kappa shape index (κ2) is 6.93. The predicted molar refractivity (Wildman–Crippen MR) is 99.0 cm³/mol. The molecule has 1 saturated carbocycles. The fraction of sp³-hybridized carbons (Fsp3) is 0.619. The van der Waals surface area contributed by atoms with E-state index in [4.69, 9.17) is 4.74 Å². The van der Waals surface area contributed by atoms with Crippen LogP contribution in [0.3, 0.4) is 0 Å². The van der Waals surface area contributed by atoms with Gasteiger partial charge in [0.25, 0.3) is 0 Å². The average Bonchev–Trinajstić information content (AvgIpc) is 3.39. The van der Waals surface area contributed by atoms with E-state index in [1.54, 1.807) is 0 Å². The van der Waals surface area contributed by atoms with Gasteiger partial charge >= 0.3 is 0 Å². The SMILES string of the molecule is CCOc1ccc(CC(=O)N2CCCC23CCCN(C2CC2)C3=O)cc1. The minimum Gasteiger partial charge on any atom is -0.494 e. The quantitative estimate of drug-likeness (QED) is 0.815. The number of piperidine rings is 1. The van der Waals surface area contributed by atoms with Crippen molar-refractivity contribution in [1.29, 1.82) is 0 Å². The molecule has 140 valence electrons. The predicted octanol–water partition coefficient (Wildman–Crippen LogP) is 2.77. The highest BCUT2D eigenvalue weighted by Gasteiger charge is 2.54. The fourth-order valence-electron chi connectivity index (χ4n) is 4.62. The van der Waals surface area contributed by atoms with Crippen LogP contribution in [0, 0.1) is 0 Å². The maximum Gasteiger partial charge on any atom is 0.248 e. The van der Waals surface area contributed by atoms with E-state index in [2.05, 4.69) is 4.90 Å². The standard InChI is InChI=1S/C21H28N2O3/c1-2-26-18-9-5-16(6-10-18)15-19(24)23-14-4-12-21(23)11-3-13-22(20(21)25)17-7-8-17/h5-6,9-10,17H,2-4,7-8,11-15H2,1H3. The first-order valence-corrected chi connectivity index (χ1v) is 9.97. The monoisotopic (exact) mass is 356 g/mol. The van der Waals surface area contributed by atoms with E-state index in [1.807, 2.05) is 36.1 Å². The molecule has 2 heterocycles. The van der Waals surface area contributed by atoms with E-state index >= 15 is 0 Å². The molecular weight excluding hydrogens is 328 g/mol. The molecule has 26 heavy (non-hydrogen) atoms. The van der Waals surface area contributed by atoms with Crippen molar-refractivity contribution in [3.63, 3.8) is 0 Å². The molecule has 3 aliphatic rings. The Kier molecular flexibility index (Phi) is 4.63. The van der Waals surface area contributed by atoms with Crippen LogP contribution in [-0.4, -0.2) is 52.9 Å². The molecule has 0 radical (unpaired) electrons. The lowest BCUT2D eigenvalue weighted by molar-refractivity contribution is -0.155. The summed E-state index contributed by atoms with van der Waals surface area (Å²) in [7, 11) is 0. The van der Waals surface area contributed by atoms with Gasteiger partial charge in [0.2, 0.25) is 11.8 Å². The Labute approximate surface area is 155 Å². The number of rotatable bonds is 5. The van der Waals surface area contributed by atoms with E-state index in [0.717, 1.165) is 56.4 Å². The van der Waals surface area contributed by atoms with E-state index in [9.17, 15) is 9.59 Å². The molecule has 2 saturated heterocycles. The molecular formula is C21H28N2O3. The van der Waals surface area contributed by atoms with Crippen molar-refractivity contribution < 1.29 is 14.3 Å². The normalized spacial score (nSPS) is 25.8. The second-order valence-corrected chi connectivity index (χ2v) is 7.77. The summed E-state index contributed by atoms with van der Waals surface area (Å²) in [5, 5.41) is 0. The van der Waals surface area contributed by atoms with Gasteiger partial charge in [-0.3, -0.25) is 9.59 Å². The molecule has 1 aliphatic carbocycles. The third-order valence-corrected chi connectivity index (χ3v) is 6.02. The van der Waals surface area contributed by atoms with Gasteiger partial charge in [-0.15, -0.1) is 0 Å². The van der Waals surface area contributed by atoms with Crippen molar-refractivity contribution in [3.05, 3.63) is 29.8 Å². The molecule has 0 bridgehead atoms. The first-order valence-electron chi connectivity index (χ1n) is 9.97. The fourth-order valence-corrected chi connectivity index (χ4v) is 4.62. The summed E-state index contributed by atoms with van der Waals surface area (Å²) in [6, 6.07) is 8.15. The molecule has 5 heteroatoms. The zero-order valence-corrected chi connectivity index (χ0v) is 15.6. The summed E-state index contributed by atoms with van der Waals surface area (Å²) >= 11 is 0. The highest BCUT2D eigenvalue weighted by Crippen LogP contribution is 2.42. The van der Waals surface area contributed by atoms with Gasteiger partial charge in [-0.1, -0.05) is 12.1 Å². The Bertz CT molecular complexity index is 683. The minimum atomic E-state index is -0.566. The lowest BCUT2D eigenvalue weighted by atomic mass is 9.85. The van der Waals surface area contributed by atoms with Crippen molar-refractivity contribution in [2.24, 2.45) is 0 Å². The van der Waals surface area contributed by atoms with E-state index < -0.39 is 5.54 Å². The Morgan fingerprint density at radius 1 is 1.15 bits per heavy atom. The van der Waals surface area contributed by atoms with Gasteiger partial charge < -0.3 is 14.5 Å². The molecule has 2 amide bonds. The Morgan fingerprint density at radius 2 is 1.85 bits per heavy atom. The summed E-state index contributed by atoms with van der Waals surface area (Å²) in [5.74, 6) is 1.12. The largest absolute Gasteiger partial charge is 0.494 e. The number of carbonyl (C=O) groups excluding carboxylic acids is 2. The van der Waals surface area contributed by atoms with Gasteiger partial charge in [0, 0.05) is 19.1 Å². The van der Waals surface area contributed by atoms with Crippen LogP contribution in [0.15, 0.2) is 24.3 Å². The molecule has 3 fully saturated rings. The topological polar surface area (TPSA) is 49.9 Å². The van der Waals surface area contributed by atoms with Crippen LogP contribution in [0.5, 0.6) is 5.75 Å². The van der Waals surface area contributed by atoms with E-state index in [-0.39, 0.29) is 11.8 Å². The van der Waals surface area contributed by atoms with Crippen molar-refractivity contribution in [2.75, 3.05) is 19.7 Å². The number of nitrogens with zero attached hydrogens (tertiary/aromatic N) is 2. The number of hydrogen-bond donors (Lipinski definition) is 0. The van der Waals surface area contributed by atoms with Gasteiger partial charge in [0.05, 0.1) is 13.0 Å². The Balaban J connectivity index is 1.48. The van der Waals surface area contributed by atoms with Crippen molar-refractivity contribution in [2.45, 2.75) is 63.5 Å². The van der Waals surface area contributed by atoms with Crippen LogP contribution < -0.4 is 4.74 Å². The molecule has 1 aromatic carbocycles. The number of likely N-dealkylation sites (tertiary alicyclic amines) is 2. The highest BCUT2D eigenvalue weighted by atomic mass is 16.5. The number of hydrogen-bond acceptors (Lipinski definition) is 3. The molecule has 1 unspecified atom stereocenters. The van der Waals surface area contributed by atoms with Crippen molar-refractivity contribution in [1.82, 2.24) is 9.80 Å². The van der Waals surface area contributed by atoms with Gasteiger partial charge in [-0.05, 0) is 63.1 Å². The molecule has 1 atom stereocenters. The number of benzene rings is 1. The van der Waals surface area contributed by atoms with Gasteiger partial charge in [-0.25, -0.2) is 0 Å². The summed E-state index contributed by atoms with van der Waals surface area (Å²) in [5.41, 5.74) is 0.409. The Morgan fingerprint density at radius 3 is 2.50 bits per heavy atom. The molecule has 4 rings (SSSR count). The zero-order valence-electron chi connectivity index (χ0n) is 15.6. The minimum absolute atomic E-state index is 0.0812. The molecule has 0 N–H and O–H groups in total. The maximum absolute atomic E-state index is 13.2. The van der Waals surface area contributed by atoms with Crippen LogP contribution in [0.4, 0.5) is 0 Å². The molecule has 2 aliphatic heterocycles. The summed E-state index contributed by atoms with van der Waals surface area (Å²) in [6.45, 7) is 4.16. The first kappa shape index (κ1) is 17.4. The van der Waals surface area contributed by atoms with Crippen molar-refractivity contribution in [3.8, 4) is 5.75 Å². The molecule has 1 spiro atoms. The summed E-state index contributed by atoms with van der Waals surface area (Å²) in [6.07, 6.45) is 6.19. The van der Waals surface area contributed by atoms with Crippen LogP contribution in [0.1, 0.15) is 51.0 Å². The number of amides is 2. The first-order chi connectivity index (χ1) is 12.6. The van der Waals surface area contributed by atoms with E-state index in [1.165, 1.54) is 0 Å². The van der Waals surface area contributed by atoms with E-state index in [0.29, 0.717) is 25.6 Å². The van der Waals surface area contributed by atoms with Gasteiger partial charge in [0.15, 0.2) is 0 Å². The van der Waals surface area contributed by atoms with Crippen molar-refractivity contribution >= 4 is 11.8 Å². The summed E-state index contributed by atoms with van der Waals surface area (Å²) < 4.78 is 5.46. The molecule has 0 aromatic heterocycles. The lowest BCUT2D eigenvalue weighted by Gasteiger charge is -2.44. The average molecular weight is 356 g/mol. The highest BCUT2D eigenvalue weighted by molar-refractivity contribution is 5.93. The number of carbonyl (C=O) groups is 2. The van der Waals surface area contributed by atoms with Crippen LogP contribution in [0.25, 0.3) is 0 Å². The summed E-state index contributed by atoms with van der Waals surface area (Å²) in [4.78, 5) is 30.3. The zero-order chi connectivity index (χ0) is 18.1. The Hall–Kier alpha value is -2.04.